The van der Waals surface area contributed by atoms with Crippen LogP contribution in [-0.4, -0.2) is 55.7 Å². The number of aliphatic hydroxyl groups is 1. The molecular formula is C17H30O8. The zero-order valence-corrected chi connectivity index (χ0v) is 15.5. The Morgan fingerprint density at radius 3 is 1.40 bits per heavy atom. The lowest BCUT2D eigenvalue weighted by molar-refractivity contribution is -0.181. The van der Waals surface area contributed by atoms with Crippen molar-refractivity contribution in [1.82, 2.24) is 0 Å². The zero-order chi connectivity index (χ0) is 19.3. The van der Waals surface area contributed by atoms with Gasteiger partial charge in [0.15, 0.2) is 6.29 Å². The molecule has 0 aromatic carbocycles. The number of esters is 3. The molecule has 0 fully saturated rings. The van der Waals surface area contributed by atoms with Gasteiger partial charge in [-0.2, -0.15) is 0 Å². The Kier molecular flexibility index (Phi) is 11.8. The van der Waals surface area contributed by atoms with Crippen molar-refractivity contribution in [3.8, 4) is 0 Å². The van der Waals surface area contributed by atoms with Crippen molar-refractivity contribution >= 4 is 17.9 Å². The molecule has 0 heterocycles. The second-order valence-corrected chi connectivity index (χ2v) is 5.72. The van der Waals surface area contributed by atoms with E-state index in [0.717, 1.165) is 0 Å². The number of hydrogen-bond donors (Lipinski definition) is 1. The van der Waals surface area contributed by atoms with Gasteiger partial charge in [-0.15, -0.1) is 0 Å². The van der Waals surface area contributed by atoms with Crippen molar-refractivity contribution < 1.29 is 38.4 Å². The standard InChI is InChI=1S/C17H30O8/c1-5-13(18)22-9-17(10-23-14(19)6-2,11-24-15(20)7-3)12-25-16(21)8-4/h13,18H,5-12H2,1-4H3. The normalized spacial score (nSPS) is 12.4. The Labute approximate surface area is 148 Å². The third kappa shape index (κ3) is 10.0. The molecule has 0 aromatic rings. The van der Waals surface area contributed by atoms with Crippen molar-refractivity contribution in [3.05, 3.63) is 0 Å². The maximum Gasteiger partial charge on any atom is 0.305 e. The lowest BCUT2D eigenvalue weighted by Gasteiger charge is -2.32. The molecule has 0 amide bonds. The highest BCUT2D eigenvalue weighted by molar-refractivity contribution is 5.70. The minimum Gasteiger partial charge on any atom is -0.465 e. The highest BCUT2D eigenvalue weighted by Crippen LogP contribution is 2.22. The fourth-order valence-electron chi connectivity index (χ4n) is 1.65. The monoisotopic (exact) mass is 362 g/mol. The van der Waals surface area contributed by atoms with E-state index in [4.69, 9.17) is 18.9 Å². The molecule has 1 N–H and O–H groups in total. The van der Waals surface area contributed by atoms with Crippen molar-refractivity contribution in [3.63, 3.8) is 0 Å². The van der Waals surface area contributed by atoms with Crippen LogP contribution in [0.3, 0.4) is 0 Å². The van der Waals surface area contributed by atoms with Crippen molar-refractivity contribution in [2.24, 2.45) is 5.41 Å². The zero-order valence-electron chi connectivity index (χ0n) is 15.5. The molecule has 146 valence electrons. The van der Waals surface area contributed by atoms with Crippen LogP contribution in [-0.2, 0) is 33.3 Å². The van der Waals surface area contributed by atoms with E-state index < -0.39 is 29.6 Å². The molecule has 0 aliphatic carbocycles. The van der Waals surface area contributed by atoms with Crippen LogP contribution in [0.15, 0.2) is 0 Å². The van der Waals surface area contributed by atoms with E-state index in [9.17, 15) is 19.5 Å². The van der Waals surface area contributed by atoms with E-state index in [1.165, 1.54) is 0 Å². The summed E-state index contributed by atoms with van der Waals surface area (Å²) in [5.74, 6) is -1.32. The van der Waals surface area contributed by atoms with Gasteiger partial charge in [-0.1, -0.05) is 27.7 Å². The van der Waals surface area contributed by atoms with Crippen molar-refractivity contribution in [1.29, 1.82) is 0 Å². The molecule has 0 aliphatic rings. The Hall–Kier alpha value is -1.67. The third-order valence-electron chi connectivity index (χ3n) is 3.42. The minimum atomic E-state index is -1.09. The van der Waals surface area contributed by atoms with Gasteiger partial charge < -0.3 is 24.1 Å². The summed E-state index contributed by atoms with van der Waals surface area (Å²) < 4.78 is 20.9. The molecule has 0 aliphatic heterocycles. The summed E-state index contributed by atoms with van der Waals surface area (Å²) >= 11 is 0. The maximum absolute atomic E-state index is 11.5. The lowest BCUT2D eigenvalue weighted by Crippen LogP contribution is -2.44. The summed E-state index contributed by atoms with van der Waals surface area (Å²) in [7, 11) is 0. The summed E-state index contributed by atoms with van der Waals surface area (Å²) in [5.41, 5.74) is -1.09. The molecule has 8 nitrogen and oxygen atoms in total. The van der Waals surface area contributed by atoms with Crippen molar-refractivity contribution in [2.75, 3.05) is 26.4 Å². The molecule has 1 atom stereocenters. The summed E-state index contributed by atoms with van der Waals surface area (Å²) in [6.45, 7) is 6.09. The van der Waals surface area contributed by atoms with Crippen LogP contribution in [0.25, 0.3) is 0 Å². The summed E-state index contributed by atoms with van der Waals surface area (Å²) in [4.78, 5) is 34.5. The highest BCUT2D eigenvalue weighted by atomic mass is 16.6. The largest absolute Gasteiger partial charge is 0.465 e. The van der Waals surface area contributed by atoms with Crippen LogP contribution in [0.2, 0.25) is 0 Å². The van der Waals surface area contributed by atoms with Gasteiger partial charge in [-0.05, 0) is 6.42 Å². The van der Waals surface area contributed by atoms with Gasteiger partial charge >= 0.3 is 17.9 Å². The van der Waals surface area contributed by atoms with Crippen LogP contribution in [0.4, 0.5) is 0 Å². The van der Waals surface area contributed by atoms with E-state index in [1.54, 1.807) is 27.7 Å². The molecular weight excluding hydrogens is 332 g/mol. The van der Waals surface area contributed by atoms with E-state index in [1.807, 2.05) is 0 Å². The predicted molar refractivity (Wildman–Crippen MR) is 88.4 cm³/mol. The highest BCUT2D eigenvalue weighted by Gasteiger charge is 2.37. The maximum atomic E-state index is 11.5. The van der Waals surface area contributed by atoms with Crippen molar-refractivity contribution in [2.45, 2.75) is 59.7 Å². The first-order valence-electron chi connectivity index (χ1n) is 8.58. The number of carbonyl (C=O) groups is 3. The Bertz CT molecular complexity index is 371. The summed E-state index contributed by atoms with van der Waals surface area (Å²) in [5, 5.41) is 9.65. The van der Waals surface area contributed by atoms with Gasteiger partial charge in [0.05, 0.1) is 12.0 Å². The van der Waals surface area contributed by atoms with Gasteiger partial charge in [0.25, 0.3) is 0 Å². The van der Waals surface area contributed by atoms with Crippen LogP contribution < -0.4 is 0 Å². The van der Waals surface area contributed by atoms with Crippen LogP contribution in [0.5, 0.6) is 0 Å². The fourth-order valence-corrected chi connectivity index (χ4v) is 1.65. The second kappa shape index (κ2) is 12.7. The molecule has 0 radical (unpaired) electrons. The number of rotatable bonds is 13. The average molecular weight is 362 g/mol. The first kappa shape index (κ1) is 23.3. The van der Waals surface area contributed by atoms with Gasteiger partial charge in [0.1, 0.15) is 19.8 Å². The average Bonchev–Trinajstić information content (AvgIpc) is 2.65. The summed E-state index contributed by atoms with van der Waals surface area (Å²) in [6, 6.07) is 0. The topological polar surface area (TPSA) is 108 Å². The van der Waals surface area contributed by atoms with Gasteiger partial charge in [0.2, 0.25) is 0 Å². The summed E-state index contributed by atoms with van der Waals surface area (Å²) in [6.07, 6.45) is -0.132. The first-order valence-corrected chi connectivity index (χ1v) is 8.58. The van der Waals surface area contributed by atoms with E-state index in [-0.39, 0.29) is 45.7 Å². The lowest BCUT2D eigenvalue weighted by atomic mass is 9.92. The SMILES string of the molecule is CCC(=O)OCC(COC(=O)CC)(COC(=O)CC)COC(O)CC. The van der Waals surface area contributed by atoms with Gasteiger partial charge in [-0.3, -0.25) is 14.4 Å². The van der Waals surface area contributed by atoms with Crippen LogP contribution >= 0.6 is 0 Å². The molecule has 0 saturated heterocycles. The molecule has 1 unspecified atom stereocenters. The predicted octanol–water partition coefficient (Wildman–Crippen LogP) is 1.58. The van der Waals surface area contributed by atoms with Crippen LogP contribution in [0.1, 0.15) is 53.4 Å². The van der Waals surface area contributed by atoms with Crippen LogP contribution in [0, 0.1) is 5.41 Å². The smallest absolute Gasteiger partial charge is 0.305 e. The number of ether oxygens (including phenoxy) is 4. The minimum absolute atomic E-state index is 0.104. The van der Waals surface area contributed by atoms with Gasteiger partial charge in [-0.25, -0.2) is 0 Å². The Balaban J connectivity index is 5.20. The Morgan fingerprint density at radius 1 is 0.760 bits per heavy atom. The molecule has 25 heavy (non-hydrogen) atoms. The van der Waals surface area contributed by atoms with E-state index >= 15 is 0 Å². The van der Waals surface area contributed by atoms with Gasteiger partial charge in [0, 0.05) is 19.3 Å². The molecule has 0 rings (SSSR count). The van der Waals surface area contributed by atoms with E-state index in [0.29, 0.717) is 6.42 Å². The molecule has 0 spiro atoms. The quantitative estimate of drug-likeness (QED) is 0.299. The third-order valence-corrected chi connectivity index (χ3v) is 3.42. The Morgan fingerprint density at radius 2 is 1.12 bits per heavy atom. The number of carbonyl (C=O) groups excluding carboxylic acids is 3. The first-order chi connectivity index (χ1) is 11.8. The number of aliphatic hydroxyl groups excluding tert-OH is 1. The second-order valence-electron chi connectivity index (χ2n) is 5.72. The molecule has 0 saturated carbocycles. The molecule has 0 aromatic heterocycles. The molecule has 8 heteroatoms. The van der Waals surface area contributed by atoms with E-state index in [2.05, 4.69) is 0 Å². The molecule has 0 bridgehead atoms. The fraction of sp³-hybridized carbons (Fsp3) is 0.824. The number of hydrogen-bond acceptors (Lipinski definition) is 8.